The second-order valence-electron chi connectivity index (χ2n) is 3.51. The largest absolute Gasteiger partial charge is 0.340 e. The highest BCUT2D eigenvalue weighted by molar-refractivity contribution is 9.11. The summed E-state index contributed by atoms with van der Waals surface area (Å²) >= 11 is 5.04. The fourth-order valence-corrected chi connectivity index (χ4v) is 3.10. The molecule has 1 N–H and O–H groups in total. The van der Waals surface area contributed by atoms with Crippen LogP contribution in [0.4, 0.5) is 0 Å². The number of nitrogens with one attached hydrogen (secondary N) is 1. The molecular formula is C10H14BrClN2OS. The maximum Gasteiger partial charge on any atom is 0.227 e. The van der Waals surface area contributed by atoms with Crippen LogP contribution in [-0.2, 0) is 11.2 Å². The molecule has 2 heterocycles. The Hall–Kier alpha value is -0.100. The first-order valence-electron chi connectivity index (χ1n) is 4.98. The Labute approximate surface area is 114 Å². The van der Waals surface area contributed by atoms with E-state index in [-0.39, 0.29) is 18.3 Å². The number of rotatable bonds is 2. The van der Waals surface area contributed by atoms with Crippen LogP contribution in [0.15, 0.2) is 15.9 Å². The summed E-state index contributed by atoms with van der Waals surface area (Å²) in [7, 11) is 0. The van der Waals surface area contributed by atoms with E-state index < -0.39 is 0 Å². The van der Waals surface area contributed by atoms with E-state index in [2.05, 4.69) is 21.2 Å². The third-order valence-corrected chi connectivity index (χ3v) is 4.05. The molecule has 1 aromatic heterocycles. The van der Waals surface area contributed by atoms with Crippen LogP contribution in [0.5, 0.6) is 0 Å². The molecule has 1 aliphatic rings. The first-order chi connectivity index (χ1) is 7.25. The monoisotopic (exact) mass is 324 g/mol. The minimum atomic E-state index is 0. The van der Waals surface area contributed by atoms with Crippen molar-refractivity contribution < 1.29 is 4.79 Å². The first-order valence-corrected chi connectivity index (χ1v) is 6.59. The number of carbonyl (C=O) groups excluding carboxylic acids is 1. The second-order valence-corrected chi connectivity index (χ2v) is 6.06. The summed E-state index contributed by atoms with van der Waals surface area (Å²) < 4.78 is 1.09. The Bertz CT molecular complexity index is 352. The highest BCUT2D eigenvalue weighted by Gasteiger charge is 2.16. The Morgan fingerprint density at radius 3 is 2.69 bits per heavy atom. The van der Waals surface area contributed by atoms with Gasteiger partial charge in [0.25, 0.3) is 0 Å². The van der Waals surface area contributed by atoms with Crippen molar-refractivity contribution in [2.24, 2.45) is 0 Å². The van der Waals surface area contributed by atoms with E-state index in [0.29, 0.717) is 6.42 Å². The standard InChI is InChI=1S/C10H13BrN2OS.ClH/c11-9-2-1-8(15-9)7-10(14)13-5-3-12-4-6-13;/h1-2,12H,3-7H2;1H. The van der Waals surface area contributed by atoms with Crippen LogP contribution in [0.2, 0.25) is 0 Å². The Morgan fingerprint density at radius 1 is 1.44 bits per heavy atom. The van der Waals surface area contributed by atoms with Gasteiger partial charge in [0.15, 0.2) is 0 Å². The number of hydrogen-bond donors (Lipinski definition) is 1. The molecule has 2 rings (SSSR count). The minimum Gasteiger partial charge on any atom is -0.340 e. The van der Waals surface area contributed by atoms with Crippen molar-refractivity contribution in [1.29, 1.82) is 0 Å². The van der Waals surface area contributed by atoms with E-state index in [1.54, 1.807) is 11.3 Å². The van der Waals surface area contributed by atoms with Gasteiger partial charge < -0.3 is 10.2 Å². The van der Waals surface area contributed by atoms with Gasteiger partial charge in [-0.25, -0.2) is 0 Å². The highest BCUT2D eigenvalue weighted by Crippen LogP contribution is 2.22. The summed E-state index contributed by atoms with van der Waals surface area (Å²) in [6.45, 7) is 3.51. The van der Waals surface area contributed by atoms with Crippen LogP contribution in [-0.4, -0.2) is 37.0 Å². The topological polar surface area (TPSA) is 32.3 Å². The zero-order valence-corrected chi connectivity index (χ0v) is 12.0. The number of piperazine rings is 1. The minimum absolute atomic E-state index is 0. The van der Waals surface area contributed by atoms with Crippen LogP contribution in [0.3, 0.4) is 0 Å². The molecule has 0 bridgehead atoms. The molecular weight excluding hydrogens is 312 g/mol. The summed E-state index contributed by atoms with van der Waals surface area (Å²) in [5, 5.41) is 3.24. The van der Waals surface area contributed by atoms with Gasteiger partial charge in [-0.1, -0.05) is 0 Å². The number of amides is 1. The van der Waals surface area contributed by atoms with Gasteiger partial charge in [0.05, 0.1) is 10.2 Å². The van der Waals surface area contributed by atoms with E-state index in [4.69, 9.17) is 0 Å². The molecule has 0 radical (unpaired) electrons. The quantitative estimate of drug-likeness (QED) is 0.901. The molecule has 1 saturated heterocycles. The molecule has 1 amide bonds. The van der Waals surface area contributed by atoms with Crippen molar-refractivity contribution in [2.75, 3.05) is 26.2 Å². The SMILES string of the molecule is Cl.O=C(Cc1ccc(Br)s1)N1CCNCC1. The zero-order valence-electron chi connectivity index (χ0n) is 8.74. The van der Waals surface area contributed by atoms with Gasteiger partial charge in [0.2, 0.25) is 5.91 Å². The summed E-state index contributed by atoms with van der Waals surface area (Å²) in [6.07, 6.45) is 0.538. The molecule has 0 atom stereocenters. The van der Waals surface area contributed by atoms with Gasteiger partial charge >= 0.3 is 0 Å². The molecule has 1 fully saturated rings. The summed E-state index contributed by atoms with van der Waals surface area (Å²) in [5.41, 5.74) is 0. The van der Waals surface area contributed by atoms with E-state index in [1.807, 2.05) is 17.0 Å². The molecule has 1 aromatic rings. The third-order valence-electron chi connectivity index (χ3n) is 2.42. The predicted octanol–water partition coefficient (Wildman–Crippen LogP) is 1.91. The van der Waals surface area contributed by atoms with Crippen LogP contribution < -0.4 is 5.32 Å². The molecule has 0 aromatic carbocycles. The van der Waals surface area contributed by atoms with Gasteiger partial charge in [-0.2, -0.15) is 0 Å². The van der Waals surface area contributed by atoms with Gasteiger partial charge in [-0.15, -0.1) is 23.7 Å². The first kappa shape index (κ1) is 14.0. The van der Waals surface area contributed by atoms with Gasteiger partial charge in [-0.3, -0.25) is 4.79 Å². The maximum atomic E-state index is 11.9. The number of thiophene rings is 1. The fraction of sp³-hybridized carbons (Fsp3) is 0.500. The Kier molecular flexibility index (Phi) is 5.75. The van der Waals surface area contributed by atoms with Crippen molar-refractivity contribution in [3.63, 3.8) is 0 Å². The smallest absolute Gasteiger partial charge is 0.227 e. The lowest BCUT2D eigenvalue weighted by atomic mass is 10.3. The lowest BCUT2D eigenvalue weighted by Crippen LogP contribution is -2.46. The van der Waals surface area contributed by atoms with Crippen molar-refractivity contribution in [2.45, 2.75) is 6.42 Å². The van der Waals surface area contributed by atoms with Crippen molar-refractivity contribution >= 4 is 45.6 Å². The van der Waals surface area contributed by atoms with Gasteiger partial charge in [0.1, 0.15) is 0 Å². The average Bonchev–Trinajstić information content (AvgIpc) is 2.65. The molecule has 90 valence electrons. The highest BCUT2D eigenvalue weighted by atomic mass is 79.9. The van der Waals surface area contributed by atoms with E-state index in [0.717, 1.165) is 34.8 Å². The number of hydrogen-bond acceptors (Lipinski definition) is 3. The van der Waals surface area contributed by atoms with Crippen LogP contribution in [0.1, 0.15) is 4.88 Å². The lowest BCUT2D eigenvalue weighted by molar-refractivity contribution is -0.130. The molecule has 1 aliphatic heterocycles. The zero-order chi connectivity index (χ0) is 10.7. The maximum absolute atomic E-state index is 11.9. The Morgan fingerprint density at radius 2 is 2.12 bits per heavy atom. The van der Waals surface area contributed by atoms with Crippen LogP contribution in [0, 0.1) is 0 Å². The summed E-state index contributed by atoms with van der Waals surface area (Å²) in [4.78, 5) is 14.9. The molecule has 0 aliphatic carbocycles. The number of halogens is 2. The van der Waals surface area contributed by atoms with Crippen molar-refractivity contribution in [1.82, 2.24) is 10.2 Å². The number of nitrogens with zero attached hydrogens (tertiary/aromatic N) is 1. The molecule has 16 heavy (non-hydrogen) atoms. The van der Waals surface area contributed by atoms with E-state index >= 15 is 0 Å². The average molecular weight is 326 g/mol. The van der Waals surface area contributed by atoms with Crippen molar-refractivity contribution in [3.8, 4) is 0 Å². The molecule has 0 saturated carbocycles. The molecule has 0 spiro atoms. The van der Waals surface area contributed by atoms with Gasteiger partial charge in [0, 0.05) is 31.1 Å². The van der Waals surface area contributed by atoms with Gasteiger partial charge in [-0.05, 0) is 28.1 Å². The normalized spacial score (nSPS) is 15.7. The molecule has 0 unspecified atom stereocenters. The molecule has 3 nitrogen and oxygen atoms in total. The van der Waals surface area contributed by atoms with E-state index in [1.165, 1.54) is 0 Å². The summed E-state index contributed by atoms with van der Waals surface area (Å²) in [6, 6.07) is 4.00. The van der Waals surface area contributed by atoms with Crippen molar-refractivity contribution in [3.05, 3.63) is 20.8 Å². The summed E-state index contributed by atoms with van der Waals surface area (Å²) in [5.74, 6) is 0.242. The lowest BCUT2D eigenvalue weighted by Gasteiger charge is -2.27. The van der Waals surface area contributed by atoms with E-state index in [9.17, 15) is 4.79 Å². The Balaban J connectivity index is 0.00000128. The fourth-order valence-electron chi connectivity index (χ4n) is 1.62. The van der Waals surface area contributed by atoms with Crippen LogP contribution >= 0.6 is 39.7 Å². The second kappa shape index (κ2) is 6.59. The number of carbonyl (C=O) groups is 1. The third kappa shape index (κ3) is 3.73. The molecule has 6 heteroatoms. The van der Waals surface area contributed by atoms with Crippen LogP contribution in [0.25, 0.3) is 0 Å². The predicted molar refractivity (Wildman–Crippen MR) is 72.4 cm³/mol.